The van der Waals surface area contributed by atoms with Crippen LogP contribution in [0.2, 0.25) is 0 Å². The normalized spacial score (nSPS) is 20.8. The van der Waals surface area contributed by atoms with E-state index in [9.17, 15) is 27.9 Å². The van der Waals surface area contributed by atoms with Crippen LogP contribution in [-0.2, 0) is 27.9 Å². The topological polar surface area (TPSA) is 108 Å². The molecule has 2 aromatic heterocycles. The van der Waals surface area contributed by atoms with E-state index in [2.05, 4.69) is 20.2 Å². The van der Waals surface area contributed by atoms with E-state index in [1.165, 1.54) is 23.6 Å². The molecule has 236 valence electrons. The van der Waals surface area contributed by atoms with Crippen molar-refractivity contribution >= 4 is 39.9 Å². The molecule has 2 aliphatic rings. The van der Waals surface area contributed by atoms with Gasteiger partial charge in [0, 0.05) is 36.9 Å². The molecule has 0 spiro atoms. The number of alkyl halides is 3. The Morgan fingerprint density at radius 2 is 1.87 bits per heavy atom. The third-order valence-electron chi connectivity index (χ3n) is 8.52. The van der Waals surface area contributed by atoms with Crippen molar-refractivity contribution in [3.8, 4) is 0 Å². The molecule has 3 heterocycles. The Morgan fingerprint density at radius 1 is 1.11 bits per heavy atom. The van der Waals surface area contributed by atoms with Gasteiger partial charge in [0.1, 0.15) is 11.4 Å². The summed E-state index contributed by atoms with van der Waals surface area (Å²) >= 11 is 1.47. The second-order valence-electron chi connectivity index (χ2n) is 11.5. The van der Waals surface area contributed by atoms with Crippen LogP contribution in [0.1, 0.15) is 41.7 Å². The number of carbonyl (C=O) groups excluding carboxylic acids is 2. The van der Waals surface area contributed by atoms with Gasteiger partial charge in [-0.15, -0.1) is 11.3 Å². The molecule has 1 saturated heterocycles. The van der Waals surface area contributed by atoms with Gasteiger partial charge in [0.05, 0.1) is 28.5 Å². The van der Waals surface area contributed by atoms with Crippen molar-refractivity contribution in [1.29, 1.82) is 0 Å². The van der Waals surface area contributed by atoms with Crippen LogP contribution in [0.3, 0.4) is 0 Å². The first-order chi connectivity index (χ1) is 21.6. The van der Waals surface area contributed by atoms with Gasteiger partial charge in [-0.05, 0) is 54.8 Å². The second kappa shape index (κ2) is 12.7. The number of halogens is 3. The molecule has 0 bridgehead atoms. The fourth-order valence-electron chi connectivity index (χ4n) is 6.05. The monoisotopic (exact) mass is 639 g/mol. The van der Waals surface area contributed by atoms with E-state index in [-0.39, 0.29) is 23.8 Å². The maximum Gasteiger partial charge on any atom is 0.416 e. The van der Waals surface area contributed by atoms with Gasteiger partial charge in [-0.2, -0.15) is 13.2 Å². The molecule has 0 radical (unpaired) electrons. The molecular weight excluding hydrogens is 607 g/mol. The molecule has 1 saturated carbocycles. The minimum Gasteiger partial charge on any atom is -0.439 e. The maximum absolute atomic E-state index is 13.5. The summed E-state index contributed by atoms with van der Waals surface area (Å²) in [6.07, 6.45) is 0.666. The van der Waals surface area contributed by atoms with Crippen molar-refractivity contribution in [1.82, 2.24) is 20.2 Å². The highest BCUT2D eigenvalue weighted by atomic mass is 32.1. The highest BCUT2D eigenvalue weighted by Crippen LogP contribution is 2.41. The van der Waals surface area contributed by atoms with Gasteiger partial charge in [-0.3, -0.25) is 19.6 Å². The van der Waals surface area contributed by atoms with Crippen LogP contribution in [-0.4, -0.2) is 63.8 Å². The maximum atomic E-state index is 13.5. The third kappa shape index (κ3) is 6.95. The number of benzene rings is 2. The molecule has 9 nitrogen and oxygen atoms in total. The summed E-state index contributed by atoms with van der Waals surface area (Å²) in [4.78, 5) is 38.8. The van der Waals surface area contributed by atoms with E-state index in [0.29, 0.717) is 42.9 Å². The number of rotatable bonds is 8. The highest BCUT2D eigenvalue weighted by molar-refractivity contribution is 7.09. The Hall–Kier alpha value is -4.07. The number of nitrogens with zero attached hydrogens (tertiary/aromatic N) is 4. The highest BCUT2D eigenvalue weighted by Gasteiger charge is 2.41. The molecule has 2 N–H and O–H groups in total. The van der Waals surface area contributed by atoms with Crippen molar-refractivity contribution < 1.29 is 32.6 Å². The van der Waals surface area contributed by atoms with Gasteiger partial charge in [-0.1, -0.05) is 36.4 Å². The number of thiazole rings is 1. The van der Waals surface area contributed by atoms with Crippen LogP contribution < -0.4 is 10.2 Å². The minimum absolute atomic E-state index is 0.00258. The first-order valence-corrected chi connectivity index (χ1v) is 15.6. The number of pyridine rings is 1. The van der Waals surface area contributed by atoms with Gasteiger partial charge in [0.15, 0.2) is 6.61 Å². The Balaban J connectivity index is 1.06. The number of carbonyl (C=O) groups is 2. The lowest BCUT2D eigenvalue weighted by molar-refractivity contribution is -0.137. The quantitative estimate of drug-likeness (QED) is 0.263. The van der Waals surface area contributed by atoms with Gasteiger partial charge in [0.2, 0.25) is 0 Å². The second-order valence-corrected chi connectivity index (χ2v) is 12.4. The van der Waals surface area contributed by atoms with Crippen LogP contribution in [0, 0.1) is 0 Å². The van der Waals surface area contributed by atoms with E-state index >= 15 is 0 Å². The smallest absolute Gasteiger partial charge is 0.416 e. The van der Waals surface area contributed by atoms with E-state index in [1.807, 2.05) is 0 Å². The average molecular weight is 640 g/mol. The molecule has 0 unspecified atom stereocenters. The predicted molar refractivity (Wildman–Crippen MR) is 162 cm³/mol. The van der Waals surface area contributed by atoms with Gasteiger partial charge >= 0.3 is 12.3 Å². The molecule has 1 aliphatic carbocycles. The fourth-order valence-corrected chi connectivity index (χ4v) is 6.83. The van der Waals surface area contributed by atoms with Crippen LogP contribution >= 0.6 is 11.3 Å². The molecule has 4 aromatic rings. The lowest BCUT2D eigenvalue weighted by Gasteiger charge is -2.48. The van der Waals surface area contributed by atoms with Crippen LogP contribution in [0.5, 0.6) is 0 Å². The lowest BCUT2D eigenvalue weighted by atomic mass is 9.80. The number of hydrogen-bond acceptors (Lipinski definition) is 8. The van der Waals surface area contributed by atoms with Crippen molar-refractivity contribution in [3.63, 3.8) is 0 Å². The van der Waals surface area contributed by atoms with E-state index in [4.69, 9.17) is 4.74 Å². The van der Waals surface area contributed by atoms with Crippen LogP contribution in [0.25, 0.3) is 10.8 Å². The zero-order valence-electron chi connectivity index (χ0n) is 24.2. The van der Waals surface area contributed by atoms with Crippen LogP contribution in [0.4, 0.5) is 23.8 Å². The molecule has 13 heteroatoms. The standard InChI is InChI=1S/C32H32F3N5O4S/c33-32(34,35)23-7-6-22-10-13-37-29(26(22)14-23)40(16-21-4-2-1-3-5-21)30(42)44-19-28(41)38-24-17-39(18-24)25-8-11-31(43,12-9-25)27-15-36-20-45-27/h1-7,10,13-15,20,24-25,43H,8-9,11-12,16-19H2,(H,38,41). The van der Waals surface area contributed by atoms with Crippen molar-refractivity contribution in [3.05, 3.63) is 88.5 Å². The number of hydrogen-bond donors (Lipinski definition) is 2. The number of anilines is 1. The lowest BCUT2D eigenvalue weighted by Crippen LogP contribution is -2.63. The van der Waals surface area contributed by atoms with Crippen LogP contribution in [0.15, 0.2) is 72.5 Å². The zero-order chi connectivity index (χ0) is 31.6. The number of ether oxygens (including phenoxy) is 1. The molecule has 1 aliphatic heterocycles. The Bertz CT molecular complexity index is 1640. The van der Waals surface area contributed by atoms with Gasteiger partial charge in [-0.25, -0.2) is 9.78 Å². The number of aromatic nitrogens is 2. The molecule has 6 rings (SSSR count). The van der Waals surface area contributed by atoms with Crippen molar-refractivity contribution in [2.45, 2.75) is 56.1 Å². The number of aliphatic hydroxyl groups is 1. The first-order valence-electron chi connectivity index (χ1n) is 14.7. The predicted octanol–water partition coefficient (Wildman–Crippen LogP) is 5.48. The number of amides is 2. The van der Waals surface area contributed by atoms with Gasteiger partial charge in [0.25, 0.3) is 5.91 Å². The first kappa shape index (κ1) is 30.9. The summed E-state index contributed by atoms with van der Waals surface area (Å²) in [5.74, 6) is -0.474. The fraction of sp³-hybridized carbons (Fsp3) is 0.375. The van der Waals surface area contributed by atoms with Crippen molar-refractivity contribution in [2.24, 2.45) is 0 Å². The van der Waals surface area contributed by atoms with E-state index < -0.39 is 35.9 Å². The summed E-state index contributed by atoms with van der Waals surface area (Å²) in [5.41, 5.74) is 0.743. The third-order valence-corrected chi connectivity index (χ3v) is 9.49. The molecule has 2 aromatic carbocycles. The Morgan fingerprint density at radius 3 is 2.56 bits per heavy atom. The molecule has 2 amide bonds. The summed E-state index contributed by atoms with van der Waals surface area (Å²) < 4.78 is 46.0. The largest absolute Gasteiger partial charge is 0.439 e. The molecule has 0 atom stereocenters. The van der Waals surface area contributed by atoms with E-state index in [1.54, 1.807) is 48.1 Å². The number of likely N-dealkylation sites (tertiary alicyclic amines) is 1. The molecule has 45 heavy (non-hydrogen) atoms. The number of nitrogens with one attached hydrogen (secondary N) is 1. The minimum atomic E-state index is -4.58. The van der Waals surface area contributed by atoms with E-state index in [0.717, 1.165) is 34.8 Å². The Labute approximate surface area is 261 Å². The summed E-state index contributed by atoms with van der Waals surface area (Å²) in [5, 5.41) is 14.5. The number of fused-ring (bicyclic) bond motifs is 1. The van der Waals surface area contributed by atoms with Gasteiger partial charge < -0.3 is 15.2 Å². The zero-order valence-corrected chi connectivity index (χ0v) is 25.1. The Kier molecular flexibility index (Phi) is 8.76. The summed E-state index contributed by atoms with van der Waals surface area (Å²) in [7, 11) is 0. The van der Waals surface area contributed by atoms with Crippen molar-refractivity contribution in [2.75, 3.05) is 24.6 Å². The summed E-state index contributed by atoms with van der Waals surface area (Å²) in [6.45, 7) is 0.737. The molecule has 2 fully saturated rings. The average Bonchev–Trinajstić information content (AvgIpc) is 3.57. The molecular formula is C32H32F3N5O4S. The SMILES string of the molecule is O=C(COC(=O)N(Cc1ccccc1)c1nccc2ccc(C(F)(F)F)cc12)NC1CN(C2CCC(O)(c3cncs3)CC2)C1. The summed E-state index contributed by atoms with van der Waals surface area (Å²) in [6, 6.07) is 14.0.